The van der Waals surface area contributed by atoms with Gasteiger partial charge in [-0.25, -0.2) is 8.78 Å². The van der Waals surface area contributed by atoms with Crippen molar-refractivity contribution < 1.29 is 13.9 Å². The molecule has 0 saturated carbocycles. The van der Waals surface area contributed by atoms with Crippen molar-refractivity contribution in [3.63, 3.8) is 0 Å². The van der Waals surface area contributed by atoms with Gasteiger partial charge in [-0.1, -0.05) is 0 Å². The normalized spacial score (nSPS) is 10.2. The fourth-order valence-corrected chi connectivity index (χ4v) is 0.815. The highest BCUT2D eigenvalue weighted by Crippen LogP contribution is 2.21. The molecule has 0 atom stereocenters. The fourth-order valence-electron chi connectivity index (χ4n) is 0.815. The molecule has 2 nitrogen and oxygen atoms in total. The lowest BCUT2D eigenvalue weighted by atomic mass is 10.2. The summed E-state index contributed by atoms with van der Waals surface area (Å²) in [6, 6.07) is 3.56. The second-order valence-electron chi connectivity index (χ2n) is 2.30. The Hall–Kier alpha value is -1.89. The molecule has 0 unspecified atom stereocenters. The van der Waals surface area contributed by atoms with Crippen LogP contribution in [0.5, 0.6) is 5.75 Å². The van der Waals surface area contributed by atoms with Gasteiger partial charge < -0.3 is 5.11 Å². The maximum absolute atomic E-state index is 12.7. The van der Waals surface area contributed by atoms with Gasteiger partial charge in [0.1, 0.15) is 0 Å². The van der Waals surface area contributed by atoms with E-state index < -0.39 is 17.4 Å². The standard InChI is InChI=1S/C9H5F2NO/c10-7-4-6(2-1-3-12)5-8(11)9(7)13/h1-2,4-5,13H/b2-1+. The Labute approximate surface area is 73.4 Å². The van der Waals surface area contributed by atoms with E-state index in [-0.39, 0.29) is 5.56 Å². The molecule has 4 heteroatoms. The van der Waals surface area contributed by atoms with Gasteiger partial charge in [-0.2, -0.15) is 5.26 Å². The van der Waals surface area contributed by atoms with Crippen molar-refractivity contribution in [2.24, 2.45) is 0 Å². The largest absolute Gasteiger partial charge is 0.503 e. The molecule has 0 amide bonds. The highest BCUT2D eigenvalue weighted by Gasteiger charge is 2.07. The Bertz CT molecular complexity index is 370. The molecule has 0 aliphatic rings. The number of hydrogen-bond acceptors (Lipinski definition) is 2. The smallest absolute Gasteiger partial charge is 0.187 e. The molecule has 0 aliphatic carbocycles. The Balaban J connectivity index is 3.15. The highest BCUT2D eigenvalue weighted by atomic mass is 19.1. The number of phenols is 1. The third kappa shape index (κ3) is 2.03. The van der Waals surface area contributed by atoms with Crippen molar-refractivity contribution >= 4 is 6.08 Å². The van der Waals surface area contributed by atoms with Gasteiger partial charge in [0, 0.05) is 6.08 Å². The molecular formula is C9H5F2NO. The molecule has 0 fully saturated rings. The number of hydrogen-bond donors (Lipinski definition) is 1. The first-order chi connectivity index (χ1) is 6.15. The van der Waals surface area contributed by atoms with Crippen LogP contribution in [-0.4, -0.2) is 5.11 Å². The van der Waals surface area contributed by atoms with Crippen LogP contribution >= 0.6 is 0 Å². The molecule has 1 aromatic rings. The predicted molar refractivity (Wildman–Crippen MR) is 42.7 cm³/mol. The van der Waals surface area contributed by atoms with Gasteiger partial charge in [-0.05, 0) is 23.8 Å². The van der Waals surface area contributed by atoms with Crippen molar-refractivity contribution in [2.45, 2.75) is 0 Å². The van der Waals surface area contributed by atoms with Gasteiger partial charge in [0.2, 0.25) is 0 Å². The minimum atomic E-state index is -1.04. The number of phenolic OH excluding ortho intramolecular Hbond substituents is 1. The van der Waals surface area contributed by atoms with Crippen LogP contribution in [0, 0.1) is 23.0 Å². The maximum atomic E-state index is 12.7. The van der Waals surface area contributed by atoms with E-state index in [9.17, 15) is 8.78 Å². The van der Waals surface area contributed by atoms with Crippen molar-refractivity contribution in [1.82, 2.24) is 0 Å². The van der Waals surface area contributed by atoms with Gasteiger partial charge >= 0.3 is 0 Å². The first-order valence-corrected chi connectivity index (χ1v) is 3.39. The van der Waals surface area contributed by atoms with E-state index in [1.165, 1.54) is 6.08 Å². The van der Waals surface area contributed by atoms with E-state index in [0.717, 1.165) is 18.2 Å². The number of allylic oxidation sites excluding steroid dienone is 1. The van der Waals surface area contributed by atoms with Crippen LogP contribution in [0.1, 0.15) is 5.56 Å². The SMILES string of the molecule is N#C/C=C/c1cc(F)c(O)c(F)c1. The summed E-state index contributed by atoms with van der Waals surface area (Å²) in [6.45, 7) is 0. The van der Waals surface area contributed by atoms with Crippen molar-refractivity contribution in [2.75, 3.05) is 0 Å². The van der Waals surface area contributed by atoms with Crippen LogP contribution in [0.4, 0.5) is 8.78 Å². The molecule has 0 aromatic heterocycles. The zero-order valence-corrected chi connectivity index (χ0v) is 6.46. The summed E-state index contributed by atoms with van der Waals surface area (Å²) in [5.74, 6) is -3.09. The number of nitrogens with zero attached hydrogens (tertiary/aromatic N) is 1. The summed E-state index contributed by atoms with van der Waals surface area (Å²) in [7, 11) is 0. The number of nitriles is 1. The molecule has 0 saturated heterocycles. The molecular weight excluding hydrogens is 176 g/mol. The third-order valence-corrected chi connectivity index (χ3v) is 1.39. The number of benzene rings is 1. The average molecular weight is 181 g/mol. The minimum absolute atomic E-state index is 0.189. The van der Waals surface area contributed by atoms with Crippen molar-refractivity contribution in [3.05, 3.63) is 35.4 Å². The molecule has 66 valence electrons. The fraction of sp³-hybridized carbons (Fsp3) is 0. The van der Waals surface area contributed by atoms with Crippen LogP contribution in [0.15, 0.2) is 18.2 Å². The molecule has 0 heterocycles. The summed E-state index contributed by atoms with van der Waals surface area (Å²) in [5.41, 5.74) is 0.189. The summed E-state index contributed by atoms with van der Waals surface area (Å²) >= 11 is 0. The third-order valence-electron chi connectivity index (χ3n) is 1.39. The van der Waals surface area contributed by atoms with Crippen LogP contribution < -0.4 is 0 Å². The zero-order chi connectivity index (χ0) is 9.84. The van der Waals surface area contributed by atoms with Gasteiger partial charge in [0.15, 0.2) is 17.4 Å². The van der Waals surface area contributed by atoms with Crippen LogP contribution in [-0.2, 0) is 0 Å². The van der Waals surface area contributed by atoms with Gasteiger partial charge in [-0.3, -0.25) is 0 Å². The topological polar surface area (TPSA) is 44.0 Å². The second-order valence-corrected chi connectivity index (χ2v) is 2.30. The molecule has 1 aromatic carbocycles. The van der Waals surface area contributed by atoms with Gasteiger partial charge in [0.25, 0.3) is 0 Å². The highest BCUT2D eigenvalue weighted by molar-refractivity contribution is 5.53. The van der Waals surface area contributed by atoms with Gasteiger partial charge in [0.05, 0.1) is 6.07 Å². The Morgan fingerprint density at radius 3 is 2.31 bits per heavy atom. The van der Waals surface area contributed by atoms with E-state index in [4.69, 9.17) is 10.4 Å². The first-order valence-electron chi connectivity index (χ1n) is 3.39. The molecule has 0 aliphatic heterocycles. The maximum Gasteiger partial charge on any atom is 0.187 e. The van der Waals surface area contributed by atoms with Crippen LogP contribution in [0.3, 0.4) is 0 Å². The molecule has 1 rings (SSSR count). The monoisotopic (exact) mass is 181 g/mol. The Morgan fingerprint density at radius 1 is 1.31 bits per heavy atom. The molecule has 13 heavy (non-hydrogen) atoms. The average Bonchev–Trinajstić information content (AvgIpc) is 2.10. The van der Waals surface area contributed by atoms with E-state index >= 15 is 0 Å². The zero-order valence-electron chi connectivity index (χ0n) is 6.46. The summed E-state index contributed by atoms with van der Waals surface area (Å²) < 4.78 is 25.3. The summed E-state index contributed by atoms with van der Waals surface area (Å²) in [4.78, 5) is 0. The van der Waals surface area contributed by atoms with Gasteiger partial charge in [-0.15, -0.1) is 0 Å². The molecule has 0 spiro atoms. The summed E-state index contributed by atoms with van der Waals surface area (Å²) in [5, 5.41) is 16.9. The van der Waals surface area contributed by atoms with E-state index in [0.29, 0.717) is 0 Å². The number of rotatable bonds is 1. The first kappa shape index (κ1) is 9.20. The summed E-state index contributed by atoms with van der Waals surface area (Å²) in [6.07, 6.45) is 2.33. The predicted octanol–water partition coefficient (Wildman–Crippen LogP) is 2.21. The van der Waals surface area contributed by atoms with Crippen LogP contribution in [0.2, 0.25) is 0 Å². The van der Waals surface area contributed by atoms with Crippen molar-refractivity contribution in [3.8, 4) is 11.8 Å². The second kappa shape index (κ2) is 3.68. The number of halogens is 2. The molecule has 0 bridgehead atoms. The van der Waals surface area contributed by atoms with Crippen molar-refractivity contribution in [1.29, 1.82) is 5.26 Å². The number of aromatic hydroxyl groups is 1. The van der Waals surface area contributed by atoms with E-state index in [1.807, 2.05) is 0 Å². The minimum Gasteiger partial charge on any atom is -0.503 e. The Morgan fingerprint density at radius 2 is 1.85 bits per heavy atom. The molecule has 1 N–H and O–H groups in total. The molecule has 0 radical (unpaired) electrons. The van der Waals surface area contributed by atoms with E-state index in [2.05, 4.69) is 0 Å². The lowest BCUT2D eigenvalue weighted by Gasteiger charge is -1.98. The quantitative estimate of drug-likeness (QED) is 0.675. The Kier molecular flexibility index (Phi) is 2.60. The van der Waals surface area contributed by atoms with Crippen LogP contribution in [0.25, 0.3) is 6.08 Å². The lowest BCUT2D eigenvalue weighted by Crippen LogP contribution is -1.84. The lowest BCUT2D eigenvalue weighted by molar-refractivity contribution is 0.396. The van der Waals surface area contributed by atoms with E-state index in [1.54, 1.807) is 6.07 Å².